The third-order valence-electron chi connectivity index (χ3n) is 5.48. The van der Waals surface area contributed by atoms with Crippen molar-refractivity contribution in [3.8, 4) is 0 Å². The summed E-state index contributed by atoms with van der Waals surface area (Å²) in [4.78, 5) is 9.28. The molecule has 0 atom stereocenters. The summed E-state index contributed by atoms with van der Waals surface area (Å²) in [5.41, 5.74) is 8.82. The molecule has 1 heterocycles. The second-order valence-electron chi connectivity index (χ2n) is 7.25. The van der Waals surface area contributed by atoms with Crippen molar-refractivity contribution in [1.29, 1.82) is 0 Å². The number of guanidine groups is 1. The maximum absolute atomic E-state index is 6.17. The van der Waals surface area contributed by atoms with Crippen LogP contribution in [0.25, 0.3) is 0 Å². The number of hydrogen-bond acceptors (Lipinski definition) is 3. The van der Waals surface area contributed by atoms with Crippen LogP contribution >= 0.6 is 24.0 Å². The Kier molecular flexibility index (Phi) is 9.15. The number of benzene rings is 1. The van der Waals surface area contributed by atoms with Gasteiger partial charge in [0.2, 0.25) is 0 Å². The van der Waals surface area contributed by atoms with E-state index in [-0.39, 0.29) is 24.0 Å². The van der Waals surface area contributed by atoms with E-state index >= 15 is 0 Å². The molecule has 0 bridgehead atoms. The Balaban J connectivity index is 0.00000243. The molecule has 6 heteroatoms. The molecule has 146 valence electrons. The van der Waals surface area contributed by atoms with Crippen LogP contribution in [0.15, 0.2) is 29.3 Å². The molecule has 3 rings (SSSR count). The fraction of sp³-hybridized carbons (Fsp3) is 0.650. The Hall–Kier alpha value is -0.860. The predicted octanol–water partition coefficient (Wildman–Crippen LogP) is 3.22. The highest BCUT2D eigenvalue weighted by Gasteiger charge is 2.19. The van der Waals surface area contributed by atoms with E-state index < -0.39 is 0 Å². The van der Waals surface area contributed by atoms with Crippen molar-refractivity contribution in [2.45, 2.75) is 51.2 Å². The molecule has 0 amide bonds. The minimum atomic E-state index is 0. The lowest BCUT2D eigenvalue weighted by Gasteiger charge is -2.31. The smallest absolute Gasteiger partial charge is 0.191 e. The first-order valence-electron chi connectivity index (χ1n) is 9.63. The van der Waals surface area contributed by atoms with Gasteiger partial charge in [0.25, 0.3) is 0 Å². The summed E-state index contributed by atoms with van der Waals surface area (Å²) in [6.45, 7) is 4.78. The summed E-state index contributed by atoms with van der Waals surface area (Å²) in [6.07, 6.45) is 6.81. The molecular formula is C20H33IN4O. The van der Waals surface area contributed by atoms with Gasteiger partial charge in [-0.1, -0.05) is 43.5 Å². The van der Waals surface area contributed by atoms with Crippen LogP contribution in [0.3, 0.4) is 0 Å². The number of morpholine rings is 1. The highest BCUT2D eigenvalue weighted by atomic mass is 127. The van der Waals surface area contributed by atoms with Gasteiger partial charge in [0.1, 0.15) is 0 Å². The third kappa shape index (κ3) is 6.09. The first-order chi connectivity index (χ1) is 12.2. The average molecular weight is 472 g/mol. The van der Waals surface area contributed by atoms with E-state index in [1.165, 1.54) is 43.2 Å². The Morgan fingerprint density at radius 2 is 1.81 bits per heavy atom. The molecule has 0 radical (unpaired) electrons. The van der Waals surface area contributed by atoms with E-state index in [9.17, 15) is 0 Å². The average Bonchev–Trinajstić information content (AvgIpc) is 2.68. The van der Waals surface area contributed by atoms with Crippen molar-refractivity contribution >= 4 is 29.9 Å². The van der Waals surface area contributed by atoms with Gasteiger partial charge in [-0.25, -0.2) is 4.99 Å². The van der Waals surface area contributed by atoms with Crippen LogP contribution in [-0.4, -0.2) is 55.2 Å². The van der Waals surface area contributed by atoms with E-state index in [2.05, 4.69) is 46.1 Å². The standard InChI is InChI=1S/C20H32N4O.HI/c1-23(19-9-3-2-4-10-19)16-18-8-6-5-7-17(18)15-22-20(21)24-11-13-25-14-12-24;/h5-8,19H,2-4,9-16H2,1H3,(H2,21,22);1H. The number of ether oxygens (including phenoxy) is 1. The molecule has 0 spiro atoms. The molecule has 0 aromatic heterocycles. The second-order valence-corrected chi connectivity index (χ2v) is 7.25. The molecule has 2 aliphatic rings. The largest absolute Gasteiger partial charge is 0.378 e. The lowest BCUT2D eigenvalue weighted by Crippen LogP contribution is -2.44. The minimum absolute atomic E-state index is 0. The molecule has 1 saturated carbocycles. The van der Waals surface area contributed by atoms with Crippen molar-refractivity contribution in [3.05, 3.63) is 35.4 Å². The normalized spacial score (nSPS) is 19.5. The summed E-state index contributed by atoms with van der Waals surface area (Å²) in [5, 5.41) is 0. The van der Waals surface area contributed by atoms with Crippen LogP contribution in [-0.2, 0) is 17.8 Å². The second kappa shape index (κ2) is 11.1. The van der Waals surface area contributed by atoms with Crippen molar-refractivity contribution in [2.75, 3.05) is 33.4 Å². The number of halogens is 1. The minimum Gasteiger partial charge on any atom is -0.378 e. The first kappa shape index (κ1) is 21.4. The van der Waals surface area contributed by atoms with Gasteiger partial charge >= 0.3 is 0 Å². The van der Waals surface area contributed by atoms with Crippen LogP contribution in [0.4, 0.5) is 0 Å². The van der Waals surface area contributed by atoms with Gasteiger partial charge in [-0.15, -0.1) is 24.0 Å². The van der Waals surface area contributed by atoms with Crippen LogP contribution in [0, 0.1) is 0 Å². The molecule has 1 aromatic rings. The van der Waals surface area contributed by atoms with Crippen molar-refractivity contribution in [3.63, 3.8) is 0 Å². The highest BCUT2D eigenvalue weighted by molar-refractivity contribution is 14.0. The van der Waals surface area contributed by atoms with E-state index in [1.807, 2.05) is 0 Å². The number of nitrogens with zero attached hydrogens (tertiary/aromatic N) is 3. The van der Waals surface area contributed by atoms with Crippen LogP contribution in [0.5, 0.6) is 0 Å². The summed E-state index contributed by atoms with van der Waals surface area (Å²) in [6, 6.07) is 9.36. The first-order valence-corrected chi connectivity index (χ1v) is 9.63. The van der Waals surface area contributed by atoms with E-state index in [4.69, 9.17) is 10.5 Å². The van der Waals surface area contributed by atoms with Crippen LogP contribution in [0.2, 0.25) is 0 Å². The maximum Gasteiger partial charge on any atom is 0.191 e. The van der Waals surface area contributed by atoms with Gasteiger partial charge in [-0.3, -0.25) is 4.90 Å². The summed E-state index contributed by atoms with van der Waals surface area (Å²) < 4.78 is 5.38. The number of rotatable bonds is 5. The Morgan fingerprint density at radius 3 is 2.50 bits per heavy atom. The zero-order chi connectivity index (χ0) is 17.5. The number of hydrogen-bond donors (Lipinski definition) is 1. The van der Waals surface area contributed by atoms with Crippen molar-refractivity contribution in [1.82, 2.24) is 9.80 Å². The van der Waals surface area contributed by atoms with Gasteiger partial charge < -0.3 is 15.4 Å². The molecular weight excluding hydrogens is 439 g/mol. The molecule has 2 N–H and O–H groups in total. The van der Waals surface area contributed by atoms with Gasteiger partial charge in [0.15, 0.2) is 5.96 Å². The molecule has 1 aliphatic carbocycles. The Morgan fingerprint density at radius 1 is 1.15 bits per heavy atom. The molecule has 1 aliphatic heterocycles. The number of aliphatic imine (C=N–C) groups is 1. The van der Waals surface area contributed by atoms with Gasteiger partial charge in [-0.2, -0.15) is 0 Å². The third-order valence-corrected chi connectivity index (χ3v) is 5.48. The van der Waals surface area contributed by atoms with Crippen molar-refractivity contribution < 1.29 is 4.74 Å². The molecule has 2 fully saturated rings. The van der Waals surface area contributed by atoms with Gasteiger partial charge in [0.05, 0.1) is 19.8 Å². The lowest BCUT2D eigenvalue weighted by atomic mass is 9.94. The van der Waals surface area contributed by atoms with Crippen LogP contribution in [0.1, 0.15) is 43.2 Å². The zero-order valence-electron chi connectivity index (χ0n) is 15.9. The van der Waals surface area contributed by atoms with Gasteiger partial charge in [0, 0.05) is 25.7 Å². The molecule has 0 unspecified atom stereocenters. The fourth-order valence-corrected chi connectivity index (χ4v) is 3.84. The fourth-order valence-electron chi connectivity index (χ4n) is 3.84. The zero-order valence-corrected chi connectivity index (χ0v) is 18.2. The van der Waals surface area contributed by atoms with E-state index in [1.54, 1.807) is 0 Å². The highest BCUT2D eigenvalue weighted by Crippen LogP contribution is 2.23. The lowest BCUT2D eigenvalue weighted by molar-refractivity contribution is 0.0674. The van der Waals surface area contributed by atoms with Crippen molar-refractivity contribution in [2.24, 2.45) is 10.7 Å². The quantitative estimate of drug-likeness (QED) is 0.406. The summed E-state index contributed by atoms with van der Waals surface area (Å²) in [7, 11) is 2.26. The van der Waals surface area contributed by atoms with E-state index in [0.717, 1.165) is 38.9 Å². The Bertz CT molecular complexity index is 569. The Labute approximate surface area is 175 Å². The van der Waals surface area contributed by atoms with E-state index in [0.29, 0.717) is 12.5 Å². The molecule has 26 heavy (non-hydrogen) atoms. The molecule has 5 nitrogen and oxygen atoms in total. The predicted molar refractivity (Wildman–Crippen MR) is 118 cm³/mol. The van der Waals surface area contributed by atoms with Gasteiger partial charge in [-0.05, 0) is 31.0 Å². The molecule has 1 aromatic carbocycles. The summed E-state index contributed by atoms with van der Waals surface area (Å²) in [5.74, 6) is 0.638. The topological polar surface area (TPSA) is 54.1 Å². The summed E-state index contributed by atoms with van der Waals surface area (Å²) >= 11 is 0. The maximum atomic E-state index is 6.17. The van der Waals surface area contributed by atoms with Crippen LogP contribution < -0.4 is 5.73 Å². The SMILES string of the molecule is CN(Cc1ccccc1CN=C(N)N1CCOCC1)C1CCCCC1.I. The monoisotopic (exact) mass is 472 g/mol. The molecule has 1 saturated heterocycles. The number of nitrogens with two attached hydrogens (primary N) is 1.